The SMILES string of the molecule is CC(C)C[C@H](N)C(=O)O.CC(C)C[C@H]([NH3+])C(=O)OC1CCCC1.CC(C)C[C@H]([NH3+])C(=O)OC1CCCC1.Cc1ccc(S(=O)(=O)[O-])cc1.Cc1ccc(S(=O)(=O)[O-])cc1. The number of carboxylic acids is 1. The first-order chi connectivity index (χ1) is 27.2. The first kappa shape index (κ1) is 55.5. The number of nitrogens with two attached hydrogens (primary N) is 1. The summed E-state index contributed by atoms with van der Waals surface area (Å²) in [5.74, 6) is 0.248. The van der Waals surface area contributed by atoms with Gasteiger partial charge in [0.1, 0.15) is 38.5 Å². The zero-order chi connectivity index (χ0) is 45.5. The highest BCUT2D eigenvalue weighted by atomic mass is 32.2. The second kappa shape index (κ2) is 28.1. The highest BCUT2D eigenvalue weighted by molar-refractivity contribution is 7.86. The Morgan fingerprint density at radius 1 is 0.627 bits per heavy atom. The van der Waals surface area contributed by atoms with Crippen molar-refractivity contribution >= 4 is 38.1 Å². The topological polar surface area (TPSA) is 286 Å². The predicted molar refractivity (Wildman–Crippen MR) is 222 cm³/mol. The van der Waals surface area contributed by atoms with Gasteiger partial charge in [-0.05, 0) is 114 Å². The molecule has 3 atom stereocenters. The van der Waals surface area contributed by atoms with Gasteiger partial charge in [0.2, 0.25) is 0 Å². The fraction of sp³-hybridized carbons (Fsp3) is 0.643. The Bertz CT molecular complexity index is 1610. The van der Waals surface area contributed by atoms with E-state index in [1.807, 2.05) is 27.7 Å². The van der Waals surface area contributed by atoms with Crippen LogP contribution in [0.25, 0.3) is 0 Å². The van der Waals surface area contributed by atoms with Crippen LogP contribution in [0.15, 0.2) is 58.3 Å². The quantitative estimate of drug-likeness (QED) is 0.160. The van der Waals surface area contributed by atoms with Crippen molar-refractivity contribution in [3.8, 4) is 0 Å². The lowest BCUT2D eigenvalue weighted by Gasteiger charge is -2.14. The average molecular weight is 874 g/mol. The van der Waals surface area contributed by atoms with Crippen molar-refractivity contribution in [2.45, 2.75) is 166 Å². The first-order valence-corrected chi connectivity index (χ1v) is 23.1. The van der Waals surface area contributed by atoms with E-state index in [1.165, 1.54) is 49.9 Å². The van der Waals surface area contributed by atoms with Crippen LogP contribution >= 0.6 is 0 Å². The van der Waals surface area contributed by atoms with Gasteiger partial charge in [-0.3, -0.25) is 4.79 Å². The number of benzene rings is 2. The van der Waals surface area contributed by atoms with Crippen LogP contribution < -0.4 is 17.2 Å². The summed E-state index contributed by atoms with van der Waals surface area (Å²) in [7, 11) is -8.54. The summed E-state index contributed by atoms with van der Waals surface area (Å²) in [6.45, 7) is 15.9. The van der Waals surface area contributed by atoms with Gasteiger partial charge in [-0.25, -0.2) is 26.4 Å². The lowest BCUT2D eigenvalue weighted by molar-refractivity contribution is -0.412. The predicted octanol–water partition coefficient (Wildman–Crippen LogP) is 4.50. The number of hydrogen-bond acceptors (Lipinski definition) is 12. The molecule has 2 saturated carbocycles. The molecule has 2 aliphatic carbocycles. The van der Waals surface area contributed by atoms with Crippen molar-refractivity contribution in [3.63, 3.8) is 0 Å². The summed E-state index contributed by atoms with van der Waals surface area (Å²) in [6.07, 6.45) is 11.5. The van der Waals surface area contributed by atoms with Crippen molar-refractivity contribution in [1.29, 1.82) is 0 Å². The van der Waals surface area contributed by atoms with Crippen molar-refractivity contribution in [2.24, 2.45) is 23.5 Å². The van der Waals surface area contributed by atoms with Gasteiger partial charge in [-0.1, -0.05) is 76.9 Å². The standard InChI is InChI=1S/2C11H21NO2.2C7H8O3S.C6H13NO2/c2*1-8(2)7-10(12)11(13)14-9-5-3-4-6-9;2*1-6-2-4-7(5-3-6)11(8,9)10;1-4(2)3-5(7)6(8)9/h2*8-10H,3-7,12H2,1-2H3;2*2-5H,1H3,(H,8,9,10);4-5H,3,7H2,1-2H3,(H,8,9)/t2*10-;;;5-/m00..0/s1. The largest absolute Gasteiger partial charge is 0.744 e. The van der Waals surface area contributed by atoms with E-state index >= 15 is 0 Å². The normalized spacial score (nSPS) is 15.9. The van der Waals surface area contributed by atoms with E-state index in [1.54, 1.807) is 24.3 Å². The Morgan fingerprint density at radius 3 is 1.10 bits per heavy atom. The molecule has 17 heteroatoms. The van der Waals surface area contributed by atoms with Crippen LogP contribution in [-0.2, 0) is 44.1 Å². The Morgan fingerprint density at radius 2 is 0.898 bits per heavy atom. The van der Waals surface area contributed by atoms with Gasteiger partial charge in [0, 0.05) is 12.8 Å². The van der Waals surface area contributed by atoms with Crippen LogP contribution in [0.2, 0.25) is 0 Å². The van der Waals surface area contributed by atoms with Crippen molar-refractivity contribution in [2.75, 3.05) is 0 Å². The molecule has 15 nitrogen and oxygen atoms in total. The fourth-order valence-electron chi connectivity index (χ4n) is 5.88. The molecule has 0 radical (unpaired) electrons. The van der Waals surface area contributed by atoms with Gasteiger partial charge in [0.15, 0.2) is 12.1 Å². The molecule has 0 saturated heterocycles. The third-order valence-corrected chi connectivity index (χ3v) is 10.7. The van der Waals surface area contributed by atoms with Gasteiger partial charge in [-0.2, -0.15) is 0 Å². The van der Waals surface area contributed by atoms with Gasteiger partial charge in [0.05, 0.1) is 9.79 Å². The van der Waals surface area contributed by atoms with Crippen LogP contribution in [0.4, 0.5) is 0 Å². The van der Waals surface area contributed by atoms with E-state index in [2.05, 4.69) is 39.2 Å². The Balaban J connectivity index is 0.000000720. The second-order valence-corrected chi connectivity index (χ2v) is 19.2. The van der Waals surface area contributed by atoms with Crippen molar-refractivity contribution < 1.29 is 66.4 Å². The zero-order valence-corrected chi connectivity index (χ0v) is 37.9. The molecule has 0 aliphatic heterocycles. The second-order valence-electron chi connectivity index (χ2n) is 16.4. The fourth-order valence-corrected chi connectivity index (χ4v) is 6.82. The maximum absolute atomic E-state index is 11.5. The molecular formula is C42H71N3O12S2. The van der Waals surface area contributed by atoms with Gasteiger partial charge in [-0.15, -0.1) is 0 Å². The first-order valence-electron chi connectivity index (χ1n) is 20.3. The van der Waals surface area contributed by atoms with Gasteiger partial charge >= 0.3 is 17.9 Å². The summed E-state index contributed by atoms with van der Waals surface area (Å²) < 4.78 is 73.1. The number of aryl methyl sites for hydroxylation is 2. The molecule has 0 spiro atoms. The van der Waals surface area contributed by atoms with E-state index < -0.39 is 32.2 Å². The molecule has 4 rings (SSSR count). The number of carbonyl (C=O) groups is 3. The van der Waals surface area contributed by atoms with Crippen molar-refractivity contribution in [3.05, 3.63) is 59.7 Å². The van der Waals surface area contributed by atoms with Crippen LogP contribution in [0.5, 0.6) is 0 Å². The van der Waals surface area contributed by atoms with Gasteiger partial charge < -0.3 is 40.9 Å². The lowest BCUT2D eigenvalue weighted by atomic mass is 10.0. The van der Waals surface area contributed by atoms with Crippen LogP contribution in [-0.4, -0.2) is 79.3 Å². The molecule has 0 amide bonds. The number of hydrogen-bond donors (Lipinski definition) is 4. The van der Waals surface area contributed by atoms with E-state index in [4.69, 9.17) is 20.3 Å². The molecule has 59 heavy (non-hydrogen) atoms. The van der Waals surface area contributed by atoms with E-state index in [9.17, 15) is 40.3 Å². The summed E-state index contributed by atoms with van der Waals surface area (Å²) in [5, 5.41) is 8.31. The van der Waals surface area contributed by atoms with Crippen LogP contribution in [0.1, 0.15) is 123 Å². The highest BCUT2D eigenvalue weighted by Gasteiger charge is 2.27. The van der Waals surface area contributed by atoms with Gasteiger partial charge in [0.25, 0.3) is 0 Å². The number of ether oxygens (including phenoxy) is 2. The number of quaternary nitrogens is 2. The van der Waals surface area contributed by atoms with E-state index in [0.717, 1.165) is 49.7 Å². The summed E-state index contributed by atoms with van der Waals surface area (Å²) in [5.41, 5.74) is 14.8. The minimum atomic E-state index is -4.27. The molecule has 2 fully saturated rings. The molecule has 338 valence electrons. The summed E-state index contributed by atoms with van der Waals surface area (Å²) >= 11 is 0. The highest BCUT2D eigenvalue weighted by Crippen LogP contribution is 2.22. The number of rotatable bonds is 13. The minimum Gasteiger partial charge on any atom is -0.744 e. The Labute approximate surface area is 352 Å². The summed E-state index contributed by atoms with van der Waals surface area (Å²) in [4.78, 5) is 32.9. The van der Waals surface area contributed by atoms with E-state index in [-0.39, 0.29) is 46.0 Å². The van der Waals surface area contributed by atoms with E-state index in [0.29, 0.717) is 24.2 Å². The van der Waals surface area contributed by atoms with Crippen molar-refractivity contribution in [1.82, 2.24) is 0 Å². The molecular weight excluding hydrogens is 803 g/mol. The van der Waals surface area contributed by atoms with Crippen LogP contribution in [0, 0.1) is 31.6 Å². The Kier molecular flexibility index (Phi) is 26.5. The molecule has 0 aromatic heterocycles. The smallest absolute Gasteiger partial charge is 0.365 e. The minimum absolute atomic E-state index is 0.106. The molecule has 0 bridgehead atoms. The number of carboxylic acid groups (broad SMARTS) is 1. The molecule has 0 unspecified atom stereocenters. The Hall–Kier alpha value is -3.45. The lowest BCUT2D eigenvalue weighted by Crippen LogP contribution is -2.66. The zero-order valence-electron chi connectivity index (χ0n) is 36.3. The maximum atomic E-state index is 11.5. The maximum Gasteiger partial charge on any atom is 0.365 e. The molecule has 9 N–H and O–H groups in total. The average Bonchev–Trinajstić information content (AvgIpc) is 3.83. The molecule has 2 aliphatic rings. The molecule has 2 aromatic rings. The van der Waals surface area contributed by atoms with Crippen LogP contribution in [0.3, 0.4) is 0 Å². The third kappa shape index (κ3) is 27.1. The number of carbonyl (C=O) groups excluding carboxylic acids is 2. The number of aliphatic carboxylic acids is 1. The summed E-state index contributed by atoms with van der Waals surface area (Å²) in [6, 6.07) is 10.5. The number of esters is 2. The third-order valence-electron chi connectivity index (χ3n) is 9.01. The monoisotopic (exact) mass is 873 g/mol. The molecule has 2 aromatic carbocycles. The molecule has 0 heterocycles.